The molecular weight excluding hydrogens is 379 g/mol. The van der Waals surface area contributed by atoms with E-state index in [-0.39, 0.29) is 0 Å². The van der Waals surface area contributed by atoms with Gasteiger partial charge >= 0.3 is 0 Å². The van der Waals surface area contributed by atoms with E-state index in [2.05, 4.69) is 24.0 Å². The van der Waals surface area contributed by atoms with Crippen molar-refractivity contribution in [1.82, 2.24) is 0 Å². The largest absolute Gasteiger partial charge is 0.376 e. The number of thiol groups is 1. The fraction of sp³-hybridized carbons (Fsp3) is 0.278. The number of rotatable bonds is 4. The van der Waals surface area contributed by atoms with Crippen molar-refractivity contribution in [1.29, 1.82) is 5.26 Å². The SMILES string of the molecule is CC.CC.N#Cc1ccc(Sc2c(Cl)cc(NCS)cc2Cl)cc1. The molecule has 0 aliphatic heterocycles. The van der Waals surface area contributed by atoms with E-state index in [0.29, 0.717) is 21.5 Å². The second-order valence-electron chi connectivity index (χ2n) is 3.84. The number of halogens is 2. The van der Waals surface area contributed by atoms with Gasteiger partial charge in [-0.15, -0.1) is 0 Å². The molecule has 0 aliphatic carbocycles. The van der Waals surface area contributed by atoms with Crippen LogP contribution in [-0.2, 0) is 0 Å². The summed E-state index contributed by atoms with van der Waals surface area (Å²) in [5, 5.41) is 13.0. The summed E-state index contributed by atoms with van der Waals surface area (Å²) < 4.78 is 0. The standard InChI is InChI=1S/C14H10Cl2N2S2.2C2H6/c15-12-5-10(18-8-19)6-13(16)14(12)20-11-3-1-9(7-17)2-4-11;2*1-2/h1-6,18-19H,8H2;2*1-2H3. The van der Waals surface area contributed by atoms with Crippen molar-refractivity contribution in [2.75, 3.05) is 11.2 Å². The Labute approximate surface area is 165 Å². The van der Waals surface area contributed by atoms with Crippen LogP contribution in [0.15, 0.2) is 46.2 Å². The second-order valence-corrected chi connectivity index (χ2v) is 6.06. The maximum absolute atomic E-state index is 8.78. The number of hydrogen-bond donors (Lipinski definition) is 2. The third kappa shape index (κ3) is 7.27. The third-order valence-corrected chi connectivity index (χ3v) is 4.62. The molecule has 0 atom stereocenters. The first-order valence-corrected chi connectivity index (χ1v) is 9.86. The highest BCUT2D eigenvalue weighted by Gasteiger charge is 2.10. The van der Waals surface area contributed by atoms with Gasteiger partial charge in [-0.25, -0.2) is 0 Å². The Morgan fingerprint density at radius 3 is 1.96 bits per heavy atom. The number of hydrogen-bond acceptors (Lipinski definition) is 4. The van der Waals surface area contributed by atoms with Crippen LogP contribution in [0.4, 0.5) is 5.69 Å². The van der Waals surface area contributed by atoms with Crippen LogP contribution in [0.2, 0.25) is 10.0 Å². The Morgan fingerprint density at radius 1 is 1.04 bits per heavy atom. The fourth-order valence-electron chi connectivity index (χ4n) is 1.57. The zero-order chi connectivity index (χ0) is 18.5. The van der Waals surface area contributed by atoms with Gasteiger partial charge in [0.2, 0.25) is 0 Å². The van der Waals surface area contributed by atoms with Crippen LogP contribution >= 0.6 is 47.6 Å². The quantitative estimate of drug-likeness (QED) is 0.415. The highest BCUT2D eigenvalue weighted by molar-refractivity contribution is 7.99. The lowest BCUT2D eigenvalue weighted by Gasteiger charge is -2.10. The highest BCUT2D eigenvalue weighted by Crippen LogP contribution is 2.40. The smallest absolute Gasteiger partial charge is 0.0991 e. The van der Waals surface area contributed by atoms with E-state index < -0.39 is 0 Å². The lowest BCUT2D eigenvalue weighted by Crippen LogP contribution is -1.94. The van der Waals surface area contributed by atoms with Crippen LogP contribution in [0.5, 0.6) is 0 Å². The zero-order valence-corrected chi connectivity index (χ0v) is 17.5. The number of nitrogens with zero attached hydrogens (tertiary/aromatic N) is 1. The molecule has 1 N–H and O–H groups in total. The van der Waals surface area contributed by atoms with Crippen LogP contribution in [0.25, 0.3) is 0 Å². The van der Waals surface area contributed by atoms with Crippen LogP contribution in [0.3, 0.4) is 0 Å². The van der Waals surface area contributed by atoms with Gasteiger partial charge in [-0.1, -0.05) is 62.7 Å². The molecule has 0 radical (unpaired) electrons. The predicted molar refractivity (Wildman–Crippen MR) is 112 cm³/mol. The molecule has 130 valence electrons. The van der Waals surface area contributed by atoms with Gasteiger partial charge in [-0.05, 0) is 36.4 Å². The van der Waals surface area contributed by atoms with Crippen molar-refractivity contribution >= 4 is 53.3 Å². The Bertz CT molecular complexity index is 630. The Hall–Kier alpha value is -0.990. The van der Waals surface area contributed by atoms with Crippen molar-refractivity contribution < 1.29 is 0 Å². The molecule has 0 aliphatic rings. The summed E-state index contributed by atoms with van der Waals surface area (Å²) in [6.45, 7) is 8.00. The van der Waals surface area contributed by atoms with Gasteiger partial charge in [-0.2, -0.15) is 17.9 Å². The average Bonchev–Trinajstić information content (AvgIpc) is 2.62. The first-order chi connectivity index (χ1) is 11.6. The summed E-state index contributed by atoms with van der Waals surface area (Å²) in [5.74, 6) is 0.509. The lowest BCUT2D eigenvalue weighted by molar-refractivity contribution is 1.37. The second kappa shape index (κ2) is 13.3. The summed E-state index contributed by atoms with van der Waals surface area (Å²) in [5.41, 5.74) is 1.46. The van der Waals surface area contributed by atoms with E-state index >= 15 is 0 Å². The molecule has 0 spiro atoms. The van der Waals surface area contributed by atoms with E-state index in [4.69, 9.17) is 28.5 Å². The molecule has 0 amide bonds. The maximum Gasteiger partial charge on any atom is 0.0991 e. The molecule has 0 unspecified atom stereocenters. The van der Waals surface area contributed by atoms with E-state index in [0.717, 1.165) is 15.5 Å². The monoisotopic (exact) mass is 400 g/mol. The van der Waals surface area contributed by atoms with E-state index in [1.54, 1.807) is 12.1 Å². The minimum Gasteiger partial charge on any atom is -0.376 e. The molecule has 6 heteroatoms. The topological polar surface area (TPSA) is 35.8 Å². The minimum atomic E-state index is 0.509. The molecule has 2 aromatic carbocycles. The number of nitriles is 1. The molecule has 0 fully saturated rings. The lowest BCUT2D eigenvalue weighted by atomic mass is 10.2. The van der Waals surface area contributed by atoms with Gasteiger partial charge in [0.15, 0.2) is 0 Å². The van der Waals surface area contributed by atoms with Crippen LogP contribution in [0.1, 0.15) is 33.3 Å². The van der Waals surface area contributed by atoms with Crippen LogP contribution in [-0.4, -0.2) is 5.88 Å². The van der Waals surface area contributed by atoms with E-state index in [1.165, 1.54) is 11.8 Å². The molecule has 0 saturated heterocycles. The number of benzene rings is 2. The van der Waals surface area contributed by atoms with Gasteiger partial charge in [0.1, 0.15) is 0 Å². The van der Waals surface area contributed by atoms with Crippen molar-refractivity contribution in [2.45, 2.75) is 37.5 Å². The summed E-state index contributed by atoms with van der Waals surface area (Å²) in [4.78, 5) is 1.77. The van der Waals surface area contributed by atoms with E-state index in [9.17, 15) is 0 Å². The average molecular weight is 401 g/mol. The zero-order valence-electron chi connectivity index (χ0n) is 14.2. The van der Waals surface area contributed by atoms with Crippen molar-refractivity contribution in [3.8, 4) is 6.07 Å². The van der Waals surface area contributed by atoms with Gasteiger partial charge in [-0.3, -0.25) is 0 Å². The maximum atomic E-state index is 8.78. The van der Waals surface area contributed by atoms with Crippen molar-refractivity contribution in [3.63, 3.8) is 0 Å². The van der Waals surface area contributed by atoms with Crippen LogP contribution < -0.4 is 5.32 Å². The van der Waals surface area contributed by atoms with Crippen LogP contribution in [0, 0.1) is 11.3 Å². The molecule has 2 rings (SSSR count). The molecule has 24 heavy (non-hydrogen) atoms. The van der Waals surface area contributed by atoms with E-state index in [1.807, 2.05) is 52.0 Å². The Kier molecular flexibility index (Phi) is 12.8. The number of anilines is 1. The Morgan fingerprint density at radius 2 is 1.54 bits per heavy atom. The van der Waals surface area contributed by atoms with Crippen molar-refractivity contribution in [3.05, 3.63) is 52.0 Å². The molecule has 0 aromatic heterocycles. The molecule has 2 aromatic rings. The van der Waals surface area contributed by atoms with Gasteiger partial charge in [0.05, 0.1) is 27.6 Å². The summed E-state index contributed by atoms with van der Waals surface area (Å²) in [7, 11) is 0. The van der Waals surface area contributed by atoms with Gasteiger partial charge < -0.3 is 5.32 Å². The van der Waals surface area contributed by atoms with Gasteiger partial charge in [0.25, 0.3) is 0 Å². The normalized spacial score (nSPS) is 8.92. The summed E-state index contributed by atoms with van der Waals surface area (Å²) in [6.07, 6.45) is 0. The van der Waals surface area contributed by atoms with Crippen molar-refractivity contribution in [2.24, 2.45) is 0 Å². The predicted octanol–water partition coefficient (Wildman–Crippen LogP) is 7.37. The first kappa shape index (κ1) is 23.0. The molecular formula is C18H22Cl2N2S2. The molecule has 0 saturated carbocycles. The van der Waals surface area contributed by atoms with Gasteiger partial charge in [0, 0.05) is 15.5 Å². The number of nitrogens with one attached hydrogen (secondary N) is 1. The summed E-state index contributed by atoms with van der Waals surface area (Å²) in [6, 6.07) is 13.0. The first-order valence-electron chi connectivity index (χ1n) is 7.66. The molecule has 0 bridgehead atoms. The third-order valence-electron chi connectivity index (χ3n) is 2.48. The molecule has 2 nitrogen and oxygen atoms in total. The summed E-state index contributed by atoms with van der Waals surface area (Å²) >= 11 is 18.1. The minimum absolute atomic E-state index is 0.509. The highest BCUT2D eigenvalue weighted by atomic mass is 35.5. The Balaban J connectivity index is 0.00000123. The fourth-order valence-corrected chi connectivity index (χ4v) is 3.29. The molecule has 0 heterocycles.